The van der Waals surface area contributed by atoms with Crippen molar-refractivity contribution in [1.29, 1.82) is 0 Å². The fourth-order valence-electron chi connectivity index (χ4n) is 0.460. The zero-order valence-electron chi connectivity index (χ0n) is 5.17. The summed E-state index contributed by atoms with van der Waals surface area (Å²) < 4.78 is 0. The van der Waals surface area contributed by atoms with Gasteiger partial charge in [0.05, 0.1) is 6.10 Å². The third-order valence-electron chi connectivity index (χ3n) is 1.18. The lowest BCUT2D eigenvalue weighted by atomic mass is 10.1. The molecule has 50 valence electrons. The van der Waals surface area contributed by atoms with E-state index in [1.165, 1.54) is 0 Å². The van der Waals surface area contributed by atoms with E-state index in [1.807, 2.05) is 6.92 Å². The summed E-state index contributed by atoms with van der Waals surface area (Å²) in [5.74, 6) is 0. The maximum atomic E-state index is 8.92. The van der Waals surface area contributed by atoms with E-state index in [9.17, 15) is 0 Å². The molecular formula is C5H14N2O. The highest BCUT2D eigenvalue weighted by molar-refractivity contribution is 4.69. The predicted molar refractivity (Wildman–Crippen MR) is 33.3 cm³/mol. The third-order valence-corrected chi connectivity index (χ3v) is 1.18. The fraction of sp³-hybridized carbons (Fsp3) is 1.00. The van der Waals surface area contributed by atoms with Gasteiger partial charge in [0.25, 0.3) is 0 Å². The molecule has 3 nitrogen and oxygen atoms in total. The maximum Gasteiger partial charge on any atom is 0.0700 e. The van der Waals surface area contributed by atoms with Gasteiger partial charge >= 0.3 is 0 Å². The SMILES string of the molecule is CCC(O)[C@@H](N)CN. The summed E-state index contributed by atoms with van der Waals surface area (Å²) in [6.45, 7) is 2.23. The van der Waals surface area contributed by atoms with Gasteiger partial charge in [-0.05, 0) is 6.42 Å². The molecule has 0 radical (unpaired) electrons. The van der Waals surface area contributed by atoms with Crippen LogP contribution in [0.4, 0.5) is 0 Å². The van der Waals surface area contributed by atoms with Crippen LogP contribution in [-0.2, 0) is 0 Å². The van der Waals surface area contributed by atoms with Crippen LogP contribution in [0.3, 0.4) is 0 Å². The lowest BCUT2D eigenvalue weighted by molar-refractivity contribution is 0.143. The lowest BCUT2D eigenvalue weighted by Gasteiger charge is -2.13. The number of aliphatic hydroxyl groups is 1. The molecule has 8 heavy (non-hydrogen) atoms. The molecule has 0 rings (SSSR count). The van der Waals surface area contributed by atoms with E-state index in [0.717, 1.165) is 0 Å². The van der Waals surface area contributed by atoms with Gasteiger partial charge in [-0.15, -0.1) is 0 Å². The summed E-state index contributed by atoms with van der Waals surface area (Å²) in [5, 5.41) is 8.92. The molecule has 0 bridgehead atoms. The smallest absolute Gasteiger partial charge is 0.0700 e. The number of aliphatic hydroxyl groups excluding tert-OH is 1. The average Bonchev–Trinajstić information content (AvgIpc) is 1.84. The normalized spacial score (nSPS) is 18.0. The Morgan fingerprint density at radius 3 is 2.25 bits per heavy atom. The average molecular weight is 118 g/mol. The van der Waals surface area contributed by atoms with Gasteiger partial charge < -0.3 is 16.6 Å². The van der Waals surface area contributed by atoms with Gasteiger partial charge in [-0.3, -0.25) is 0 Å². The predicted octanol–water partition coefficient (Wildman–Crippen LogP) is -0.957. The first-order valence-corrected chi connectivity index (χ1v) is 2.86. The molecule has 0 heterocycles. The van der Waals surface area contributed by atoms with E-state index >= 15 is 0 Å². The van der Waals surface area contributed by atoms with Crippen molar-refractivity contribution < 1.29 is 5.11 Å². The summed E-state index contributed by atoms with van der Waals surface area (Å²) >= 11 is 0. The first-order valence-electron chi connectivity index (χ1n) is 2.86. The van der Waals surface area contributed by atoms with Gasteiger partial charge in [0.1, 0.15) is 0 Å². The van der Waals surface area contributed by atoms with Gasteiger partial charge in [-0.25, -0.2) is 0 Å². The Morgan fingerprint density at radius 2 is 2.12 bits per heavy atom. The van der Waals surface area contributed by atoms with Crippen LogP contribution < -0.4 is 11.5 Å². The van der Waals surface area contributed by atoms with Crippen LogP contribution in [0.15, 0.2) is 0 Å². The van der Waals surface area contributed by atoms with Crippen molar-refractivity contribution in [3.8, 4) is 0 Å². The van der Waals surface area contributed by atoms with Crippen LogP contribution in [0.1, 0.15) is 13.3 Å². The second kappa shape index (κ2) is 3.83. The number of nitrogens with two attached hydrogens (primary N) is 2. The monoisotopic (exact) mass is 118 g/mol. The molecule has 0 amide bonds. The Balaban J connectivity index is 3.29. The number of hydrogen-bond acceptors (Lipinski definition) is 3. The molecule has 0 spiro atoms. The summed E-state index contributed by atoms with van der Waals surface area (Å²) in [6, 6.07) is -0.250. The van der Waals surface area contributed by atoms with E-state index in [1.54, 1.807) is 0 Å². The third kappa shape index (κ3) is 2.26. The van der Waals surface area contributed by atoms with Crippen molar-refractivity contribution in [2.45, 2.75) is 25.5 Å². The van der Waals surface area contributed by atoms with Gasteiger partial charge in [-0.1, -0.05) is 6.92 Å². The van der Waals surface area contributed by atoms with E-state index in [2.05, 4.69) is 0 Å². The molecule has 1 unspecified atom stereocenters. The summed E-state index contributed by atoms with van der Waals surface area (Å²) in [5.41, 5.74) is 10.5. The largest absolute Gasteiger partial charge is 0.391 e. The number of rotatable bonds is 3. The molecule has 0 aliphatic rings. The van der Waals surface area contributed by atoms with Gasteiger partial charge in [0, 0.05) is 12.6 Å². The molecule has 0 saturated heterocycles. The van der Waals surface area contributed by atoms with Crippen LogP contribution in [0.5, 0.6) is 0 Å². The van der Waals surface area contributed by atoms with Crippen LogP contribution in [0.2, 0.25) is 0 Å². The molecule has 0 aliphatic carbocycles. The molecular weight excluding hydrogens is 104 g/mol. The van der Waals surface area contributed by atoms with Crippen molar-refractivity contribution in [3.05, 3.63) is 0 Å². The Bertz CT molecular complexity index is 50.4. The van der Waals surface area contributed by atoms with Crippen LogP contribution >= 0.6 is 0 Å². The topological polar surface area (TPSA) is 72.3 Å². The first kappa shape index (κ1) is 7.88. The molecule has 5 N–H and O–H groups in total. The minimum Gasteiger partial charge on any atom is -0.391 e. The molecule has 0 aromatic carbocycles. The van der Waals surface area contributed by atoms with Crippen molar-refractivity contribution in [3.63, 3.8) is 0 Å². The quantitative estimate of drug-likeness (QED) is 0.447. The second-order valence-electron chi connectivity index (χ2n) is 1.88. The zero-order chi connectivity index (χ0) is 6.57. The van der Waals surface area contributed by atoms with Crippen molar-refractivity contribution in [2.75, 3.05) is 6.54 Å². The van der Waals surface area contributed by atoms with E-state index in [-0.39, 0.29) is 6.04 Å². The second-order valence-corrected chi connectivity index (χ2v) is 1.88. The molecule has 0 fully saturated rings. The summed E-state index contributed by atoms with van der Waals surface area (Å²) in [7, 11) is 0. The highest BCUT2D eigenvalue weighted by Crippen LogP contribution is 1.91. The fourth-order valence-corrected chi connectivity index (χ4v) is 0.460. The molecule has 0 saturated carbocycles. The minimum absolute atomic E-state index is 0.250. The van der Waals surface area contributed by atoms with Crippen molar-refractivity contribution >= 4 is 0 Å². The van der Waals surface area contributed by atoms with Crippen molar-refractivity contribution in [1.82, 2.24) is 0 Å². The van der Waals surface area contributed by atoms with Crippen LogP contribution in [0.25, 0.3) is 0 Å². The molecule has 0 aliphatic heterocycles. The Hall–Kier alpha value is -0.120. The minimum atomic E-state index is -0.431. The molecule has 3 heteroatoms. The Morgan fingerprint density at radius 1 is 1.62 bits per heavy atom. The zero-order valence-corrected chi connectivity index (χ0v) is 5.17. The van der Waals surface area contributed by atoms with E-state index in [4.69, 9.17) is 16.6 Å². The van der Waals surface area contributed by atoms with Crippen LogP contribution in [-0.4, -0.2) is 23.8 Å². The van der Waals surface area contributed by atoms with Crippen molar-refractivity contribution in [2.24, 2.45) is 11.5 Å². The molecule has 2 atom stereocenters. The molecule has 0 aromatic rings. The molecule has 0 aromatic heterocycles. The van der Waals surface area contributed by atoms with Gasteiger partial charge in [0.2, 0.25) is 0 Å². The highest BCUT2D eigenvalue weighted by Gasteiger charge is 2.08. The van der Waals surface area contributed by atoms with Crippen LogP contribution in [0, 0.1) is 0 Å². The van der Waals surface area contributed by atoms with E-state index in [0.29, 0.717) is 13.0 Å². The lowest BCUT2D eigenvalue weighted by Crippen LogP contribution is -2.40. The standard InChI is InChI=1S/C5H14N2O/c1-2-5(8)4(7)3-6/h4-5,8H,2-3,6-7H2,1H3/t4-,5?/m0/s1. The van der Waals surface area contributed by atoms with E-state index < -0.39 is 6.10 Å². The van der Waals surface area contributed by atoms with Gasteiger partial charge in [-0.2, -0.15) is 0 Å². The summed E-state index contributed by atoms with van der Waals surface area (Å²) in [4.78, 5) is 0. The number of hydrogen-bond donors (Lipinski definition) is 3. The Kier molecular flexibility index (Phi) is 3.77. The maximum absolute atomic E-state index is 8.92. The highest BCUT2D eigenvalue weighted by atomic mass is 16.3. The summed E-state index contributed by atoms with van der Waals surface area (Å²) in [6.07, 6.45) is 0.248. The van der Waals surface area contributed by atoms with Gasteiger partial charge in [0.15, 0.2) is 0 Å². The Labute approximate surface area is 49.7 Å². The first-order chi connectivity index (χ1) is 3.72.